The van der Waals surface area contributed by atoms with Crippen LogP contribution in [-0.4, -0.2) is 34.8 Å². The zero-order chi connectivity index (χ0) is 21.3. The van der Waals surface area contributed by atoms with Gasteiger partial charge in [-0.1, -0.05) is 36.4 Å². The summed E-state index contributed by atoms with van der Waals surface area (Å²) in [7, 11) is 0. The van der Waals surface area contributed by atoms with E-state index in [-0.39, 0.29) is 17.7 Å². The fourth-order valence-corrected chi connectivity index (χ4v) is 4.53. The second-order valence-corrected chi connectivity index (χ2v) is 8.23. The highest BCUT2D eigenvalue weighted by Crippen LogP contribution is 2.43. The largest absolute Gasteiger partial charge is 0.352 e. The summed E-state index contributed by atoms with van der Waals surface area (Å²) < 4.78 is 0. The average molecular weight is 405 g/mol. The Labute approximate surface area is 176 Å². The number of rotatable bonds is 6. The summed E-state index contributed by atoms with van der Waals surface area (Å²) in [5.41, 5.74) is 2.82. The first kappa shape index (κ1) is 20.1. The van der Waals surface area contributed by atoms with Gasteiger partial charge in [0.05, 0.1) is 11.3 Å². The second-order valence-electron chi connectivity index (χ2n) is 8.23. The zero-order valence-corrected chi connectivity index (χ0v) is 17.5. The second kappa shape index (κ2) is 7.94. The molecular weight excluding hydrogens is 378 g/mol. The summed E-state index contributed by atoms with van der Waals surface area (Å²) in [5.74, 6) is -0.0644. The van der Waals surface area contributed by atoms with Crippen LogP contribution in [-0.2, 0) is 16.1 Å². The molecule has 0 bridgehead atoms. The summed E-state index contributed by atoms with van der Waals surface area (Å²) in [4.78, 5) is 41.6. The van der Waals surface area contributed by atoms with Gasteiger partial charge >= 0.3 is 0 Å². The molecule has 30 heavy (non-hydrogen) atoms. The molecule has 2 heterocycles. The van der Waals surface area contributed by atoms with Crippen LogP contribution >= 0.6 is 0 Å². The van der Waals surface area contributed by atoms with Crippen molar-refractivity contribution in [2.75, 3.05) is 11.4 Å². The lowest BCUT2D eigenvalue weighted by Gasteiger charge is -2.48. The lowest BCUT2D eigenvalue weighted by molar-refractivity contribution is -0.121. The van der Waals surface area contributed by atoms with Gasteiger partial charge in [0.2, 0.25) is 11.8 Å². The number of nitrogens with one attached hydrogen (secondary N) is 1. The maximum Gasteiger partial charge on any atom is 0.257 e. The fraction of sp³-hybridized carbons (Fsp3) is 0.375. The lowest BCUT2D eigenvalue weighted by atomic mass is 9.98. The first-order valence-corrected chi connectivity index (χ1v) is 10.5. The molecule has 3 amide bonds. The Bertz CT molecular complexity index is 1000. The monoisotopic (exact) mass is 405 g/mol. The van der Waals surface area contributed by atoms with E-state index in [1.807, 2.05) is 56.3 Å². The molecule has 0 aliphatic carbocycles. The Morgan fingerprint density at radius 1 is 1.10 bits per heavy atom. The molecule has 6 heteroatoms. The third kappa shape index (κ3) is 3.47. The van der Waals surface area contributed by atoms with Gasteiger partial charge in [0.1, 0.15) is 5.66 Å². The highest BCUT2D eigenvalue weighted by Gasteiger charge is 2.52. The summed E-state index contributed by atoms with van der Waals surface area (Å²) in [6.07, 6.45) is 1.91. The minimum atomic E-state index is -0.667. The van der Waals surface area contributed by atoms with Crippen LogP contribution in [0.25, 0.3) is 0 Å². The summed E-state index contributed by atoms with van der Waals surface area (Å²) in [6.45, 7) is 4.91. The molecule has 0 aromatic heterocycles. The predicted molar refractivity (Wildman–Crippen MR) is 115 cm³/mol. The first-order chi connectivity index (χ1) is 14.4. The Morgan fingerprint density at radius 3 is 2.63 bits per heavy atom. The van der Waals surface area contributed by atoms with Crippen LogP contribution in [0.1, 0.15) is 54.1 Å². The van der Waals surface area contributed by atoms with Gasteiger partial charge in [-0.2, -0.15) is 0 Å². The third-order valence-electron chi connectivity index (χ3n) is 6.27. The van der Waals surface area contributed by atoms with Gasteiger partial charge in [-0.25, -0.2) is 0 Å². The molecule has 1 N–H and O–H groups in total. The highest BCUT2D eigenvalue weighted by molar-refractivity contribution is 6.10. The minimum Gasteiger partial charge on any atom is -0.352 e. The molecular formula is C24H27N3O3. The maximum absolute atomic E-state index is 13.2. The van der Waals surface area contributed by atoms with Crippen molar-refractivity contribution >= 4 is 23.4 Å². The van der Waals surface area contributed by atoms with Gasteiger partial charge in [-0.15, -0.1) is 0 Å². The first-order valence-electron chi connectivity index (χ1n) is 10.5. The summed E-state index contributed by atoms with van der Waals surface area (Å²) in [5, 5.41) is 2.96. The maximum atomic E-state index is 13.2. The van der Waals surface area contributed by atoms with Crippen molar-refractivity contribution < 1.29 is 14.4 Å². The predicted octanol–water partition coefficient (Wildman–Crippen LogP) is 3.39. The van der Waals surface area contributed by atoms with E-state index in [0.29, 0.717) is 50.0 Å². The van der Waals surface area contributed by atoms with E-state index in [2.05, 4.69) is 5.32 Å². The van der Waals surface area contributed by atoms with Crippen LogP contribution in [0.4, 0.5) is 5.69 Å². The molecule has 1 unspecified atom stereocenters. The standard InChI is InChI=1S/C24H27N3O3/c1-17-8-3-4-9-18(17)16-25-21(28)12-7-15-26-23(30)19-10-5-6-11-20(19)27-22(29)13-14-24(26,27)2/h3-6,8-11H,7,12-16H2,1-2H3,(H,25,28). The van der Waals surface area contributed by atoms with Gasteiger partial charge < -0.3 is 10.2 Å². The van der Waals surface area contributed by atoms with Crippen LogP contribution in [0, 0.1) is 6.92 Å². The van der Waals surface area contributed by atoms with E-state index in [1.165, 1.54) is 0 Å². The van der Waals surface area contributed by atoms with Crippen molar-refractivity contribution in [1.29, 1.82) is 0 Å². The molecule has 2 aromatic rings. The number of nitrogens with zero attached hydrogens (tertiary/aromatic N) is 2. The Morgan fingerprint density at radius 2 is 1.83 bits per heavy atom. The molecule has 1 atom stereocenters. The number of amides is 3. The molecule has 156 valence electrons. The van der Waals surface area contributed by atoms with E-state index >= 15 is 0 Å². The van der Waals surface area contributed by atoms with E-state index in [1.54, 1.807) is 15.9 Å². The number of carbonyl (C=O) groups is 3. The molecule has 2 aromatic carbocycles. The number of carbonyl (C=O) groups excluding carboxylic acids is 3. The van der Waals surface area contributed by atoms with E-state index in [4.69, 9.17) is 0 Å². The van der Waals surface area contributed by atoms with Crippen molar-refractivity contribution in [3.63, 3.8) is 0 Å². The molecule has 2 aliphatic heterocycles. The van der Waals surface area contributed by atoms with Crippen LogP contribution in [0.2, 0.25) is 0 Å². The van der Waals surface area contributed by atoms with Crippen molar-refractivity contribution in [3.8, 4) is 0 Å². The molecule has 1 saturated heterocycles. The Kier molecular flexibility index (Phi) is 5.33. The van der Waals surface area contributed by atoms with Gasteiger partial charge in [0.25, 0.3) is 5.91 Å². The number of fused-ring (bicyclic) bond motifs is 3. The quantitative estimate of drug-likeness (QED) is 0.801. The van der Waals surface area contributed by atoms with Crippen LogP contribution in [0.15, 0.2) is 48.5 Å². The molecule has 4 rings (SSSR count). The number of anilines is 1. The fourth-order valence-electron chi connectivity index (χ4n) is 4.53. The van der Waals surface area contributed by atoms with Crippen molar-refractivity contribution in [2.45, 2.75) is 51.7 Å². The number of hydrogen-bond donors (Lipinski definition) is 1. The zero-order valence-electron chi connectivity index (χ0n) is 17.5. The van der Waals surface area contributed by atoms with Gasteiger partial charge in [0.15, 0.2) is 0 Å². The normalized spacial score (nSPS) is 20.2. The highest BCUT2D eigenvalue weighted by atomic mass is 16.2. The number of hydrogen-bond acceptors (Lipinski definition) is 3. The third-order valence-corrected chi connectivity index (χ3v) is 6.27. The molecule has 0 spiro atoms. The van der Waals surface area contributed by atoms with Gasteiger partial charge in [0, 0.05) is 25.9 Å². The van der Waals surface area contributed by atoms with Gasteiger partial charge in [-0.05, 0) is 49.9 Å². The molecule has 0 radical (unpaired) electrons. The van der Waals surface area contributed by atoms with E-state index in [0.717, 1.165) is 11.1 Å². The lowest BCUT2D eigenvalue weighted by Crippen LogP contribution is -2.62. The number of aryl methyl sites for hydroxylation is 1. The average Bonchev–Trinajstić information content (AvgIpc) is 3.05. The summed E-state index contributed by atoms with van der Waals surface area (Å²) in [6, 6.07) is 15.2. The molecule has 1 fully saturated rings. The minimum absolute atomic E-state index is 0.0346. The van der Waals surface area contributed by atoms with Crippen LogP contribution < -0.4 is 10.2 Å². The smallest absolute Gasteiger partial charge is 0.257 e. The SMILES string of the molecule is Cc1ccccc1CNC(=O)CCCN1C(=O)c2ccccc2N2C(=O)CCC12C. The number of benzene rings is 2. The van der Waals surface area contributed by atoms with E-state index in [9.17, 15) is 14.4 Å². The van der Waals surface area contributed by atoms with Crippen LogP contribution in [0.5, 0.6) is 0 Å². The van der Waals surface area contributed by atoms with Gasteiger partial charge in [-0.3, -0.25) is 19.3 Å². The summed E-state index contributed by atoms with van der Waals surface area (Å²) >= 11 is 0. The van der Waals surface area contributed by atoms with Crippen molar-refractivity contribution in [2.24, 2.45) is 0 Å². The van der Waals surface area contributed by atoms with Crippen molar-refractivity contribution in [1.82, 2.24) is 10.2 Å². The van der Waals surface area contributed by atoms with E-state index < -0.39 is 5.66 Å². The Hall–Kier alpha value is -3.15. The molecule has 0 saturated carbocycles. The molecule has 2 aliphatic rings. The topological polar surface area (TPSA) is 69.7 Å². The van der Waals surface area contributed by atoms with Crippen molar-refractivity contribution in [3.05, 3.63) is 65.2 Å². The Balaban J connectivity index is 1.41. The molecule has 6 nitrogen and oxygen atoms in total. The number of para-hydroxylation sites is 1. The van der Waals surface area contributed by atoms with Crippen LogP contribution in [0.3, 0.4) is 0 Å².